The first kappa shape index (κ1) is 32.0. The highest BCUT2D eigenvalue weighted by atomic mass is 28.4. The molecule has 0 saturated heterocycles. The van der Waals surface area contributed by atoms with E-state index < -0.39 is 8.32 Å². The van der Waals surface area contributed by atoms with E-state index in [0.29, 0.717) is 36.2 Å². The third-order valence-electron chi connectivity index (χ3n) is 7.32. The molecule has 0 radical (unpaired) electrons. The summed E-state index contributed by atoms with van der Waals surface area (Å²) in [5, 5.41) is 2.39. The zero-order valence-electron chi connectivity index (χ0n) is 25.4. The third kappa shape index (κ3) is 7.62. The maximum absolute atomic E-state index is 12.3. The van der Waals surface area contributed by atoms with Gasteiger partial charge in [0, 0.05) is 12.5 Å². The van der Waals surface area contributed by atoms with Crippen molar-refractivity contribution in [2.45, 2.75) is 45.1 Å². The van der Waals surface area contributed by atoms with Crippen LogP contribution in [-0.4, -0.2) is 55.9 Å². The van der Waals surface area contributed by atoms with Gasteiger partial charge in [-0.15, -0.1) is 0 Å². The van der Waals surface area contributed by atoms with Gasteiger partial charge in [0.15, 0.2) is 11.5 Å². The van der Waals surface area contributed by atoms with Gasteiger partial charge in [0.1, 0.15) is 0 Å². The number of carbonyl (C=O) groups excluding carboxylic acids is 1. The van der Waals surface area contributed by atoms with Crippen molar-refractivity contribution >= 4 is 24.7 Å². The summed E-state index contributed by atoms with van der Waals surface area (Å²) in [5.41, 5.74) is 0. The second-order valence-electron chi connectivity index (χ2n) is 10.9. The molecule has 0 N–H and O–H groups in total. The fraction of sp³-hybridized carbons (Fsp3) is 0.424. The molecular weight excluding hydrogens is 536 g/mol. The minimum atomic E-state index is -2.63. The molecule has 0 aliphatic carbocycles. The van der Waals surface area contributed by atoms with E-state index in [1.807, 2.05) is 12.1 Å². The zero-order valence-corrected chi connectivity index (χ0v) is 26.4. The second-order valence-corrected chi connectivity index (χ2v) is 15.2. The van der Waals surface area contributed by atoms with Crippen LogP contribution >= 0.6 is 0 Å². The first-order chi connectivity index (χ1) is 19.7. The van der Waals surface area contributed by atoms with Crippen LogP contribution in [0, 0.1) is 5.92 Å². The summed E-state index contributed by atoms with van der Waals surface area (Å²) in [6.07, 6.45) is 1.73. The molecule has 0 spiro atoms. The lowest BCUT2D eigenvalue weighted by molar-refractivity contribution is -0.142. The molecule has 8 heteroatoms. The fourth-order valence-electron chi connectivity index (χ4n) is 5.32. The van der Waals surface area contributed by atoms with Crippen LogP contribution in [0.5, 0.6) is 23.0 Å². The van der Waals surface area contributed by atoms with Crippen molar-refractivity contribution in [2.75, 3.05) is 41.7 Å². The van der Waals surface area contributed by atoms with Crippen molar-refractivity contribution in [3.8, 4) is 23.0 Å². The molecule has 0 saturated carbocycles. The minimum Gasteiger partial charge on any atom is -0.493 e. The standard InChI is InChI=1S/C33H44O7Si/c1-33(2,3)41(26-16-10-8-11-17-26,27-18-12-9-13-19-27)40-22-14-15-25(23-30(34)36-5)24-39-29-21-20-28(35-4)31(37-6)32(29)38-7/h8-13,16-21,25H,14-15,22-24H2,1-7H3. The van der Waals surface area contributed by atoms with E-state index in [1.54, 1.807) is 33.5 Å². The summed E-state index contributed by atoms with van der Waals surface area (Å²) >= 11 is 0. The second kappa shape index (κ2) is 14.9. The molecule has 7 nitrogen and oxygen atoms in total. The summed E-state index contributed by atoms with van der Waals surface area (Å²) in [5.74, 6) is 1.61. The monoisotopic (exact) mass is 580 g/mol. The SMILES string of the molecule is COC(=O)CC(CCCO[Si](c1ccccc1)(c1ccccc1)C(C)(C)C)COc1ccc(OC)c(OC)c1OC. The number of benzene rings is 3. The van der Waals surface area contributed by atoms with Gasteiger partial charge in [-0.3, -0.25) is 4.79 Å². The predicted molar refractivity (Wildman–Crippen MR) is 165 cm³/mol. The Labute approximate surface area is 245 Å². The molecule has 0 aromatic heterocycles. The topological polar surface area (TPSA) is 72.5 Å². The molecule has 0 aliphatic heterocycles. The quantitative estimate of drug-likeness (QED) is 0.131. The molecule has 222 valence electrons. The van der Waals surface area contributed by atoms with E-state index in [1.165, 1.54) is 17.5 Å². The minimum absolute atomic E-state index is 0.0805. The maximum atomic E-state index is 12.3. The highest BCUT2D eigenvalue weighted by Crippen LogP contribution is 2.44. The van der Waals surface area contributed by atoms with Crippen molar-refractivity contribution in [3.05, 3.63) is 72.8 Å². The summed E-state index contributed by atoms with van der Waals surface area (Å²) in [4.78, 5) is 12.3. The zero-order chi connectivity index (χ0) is 29.9. The molecule has 0 amide bonds. The molecule has 1 atom stereocenters. The highest BCUT2D eigenvalue weighted by Gasteiger charge is 2.50. The van der Waals surface area contributed by atoms with Gasteiger partial charge in [-0.2, -0.15) is 0 Å². The van der Waals surface area contributed by atoms with Gasteiger partial charge < -0.3 is 28.1 Å². The lowest BCUT2D eigenvalue weighted by atomic mass is 10.0. The van der Waals surface area contributed by atoms with E-state index in [9.17, 15) is 4.79 Å². The Morgan fingerprint density at radius 3 is 1.78 bits per heavy atom. The number of hydrogen-bond acceptors (Lipinski definition) is 7. The Balaban J connectivity index is 1.78. The van der Waals surface area contributed by atoms with Crippen LogP contribution in [0.1, 0.15) is 40.0 Å². The van der Waals surface area contributed by atoms with Crippen molar-refractivity contribution in [1.29, 1.82) is 0 Å². The Morgan fingerprint density at radius 2 is 1.29 bits per heavy atom. The third-order valence-corrected chi connectivity index (χ3v) is 12.4. The van der Waals surface area contributed by atoms with Gasteiger partial charge in [-0.25, -0.2) is 0 Å². The summed E-state index contributed by atoms with van der Waals surface area (Å²) in [7, 11) is 3.45. The molecule has 0 bridgehead atoms. The molecule has 0 fully saturated rings. The van der Waals surface area contributed by atoms with Gasteiger partial charge in [-0.1, -0.05) is 81.4 Å². The maximum Gasteiger partial charge on any atom is 0.305 e. The van der Waals surface area contributed by atoms with Gasteiger partial charge >= 0.3 is 5.97 Å². The number of hydrogen-bond donors (Lipinski definition) is 0. The van der Waals surface area contributed by atoms with Crippen molar-refractivity contribution in [1.82, 2.24) is 0 Å². The number of esters is 1. The Morgan fingerprint density at radius 1 is 0.756 bits per heavy atom. The van der Waals surface area contributed by atoms with Gasteiger partial charge in [-0.05, 0) is 40.4 Å². The fourth-order valence-corrected chi connectivity index (χ4v) is 9.92. The first-order valence-electron chi connectivity index (χ1n) is 13.9. The van der Waals surface area contributed by atoms with Crippen LogP contribution in [0.2, 0.25) is 5.04 Å². The van der Waals surface area contributed by atoms with E-state index in [-0.39, 0.29) is 23.3 Å². The van der Waals surface area contributed by atoms with Crippen molar-refractivity contribution in [3.63, 3.8) is 0 Å². The van der Waals surface area contributed by atoms with Crippen LogP contribution in [0.3, 0.4) is 0 Å². The van der Waals surface area contributed by atoms with E-state index in [4.69, 9.17) is 28.1 Å². The molecule has 0 aliphatic rings. The van der Waals surface area contributed by atoms with Crippen molar-refractivity contribution < 1.29 is 32.9 Å². The molecule has 41 heavy (non-hydrogen) atoms. The van der Waals surface area contributed by atoms with Crippen LogP contribution in [0.4, 0.5) is 0 Å². The Kier molecular flexibility index (Phi) is 11.7. The molecule has 3 aromatic carbocycles. The largest absolute Gasteiger partial charge is 0.493 e. The normalized spacial score (nSPS) is 12.4. The van der Waals surface area contributed by atoms with E-state index in [0.717, 1.165) is 12.8 Å². The van der Waals surface area contributed by atoms with Crippen LogP contribution in [0.25, 0.3) is 0 Å². The lowest BCUT2D eigenvalue weighted by Crippen LogP contribution is -2.66. The van der Waals surface area contributed by atoms with Crippen LogP contribution in [0.15, 0.2) is 72.8 Å². The Bertz CT molecular complexity index is 1190. The van der Waals surface area contributed by atoms with Gasteiger partial charge in [0.05, 0.1) is 41.5 Å². The Hall–Kier alpha value is -3.49. The molecule has 0 heterocycles. The van der Waals surface area contributed by atoms with Crippen LogP contribution in [-0.2, 0) is 14.0 Å². The van der Waals surface area contributed by atoms with E-state index >= 15 is 0 Å². The molecule has 3 aromatic rings. The lowest BCUT2D eigenvalue weighted by Gasteiger charge is -2.43. The summed E-state index contributed by atoms with van der Waals surface area (Å²) in [6.45, 7) is 7.67. The number of rotatable bonds is 15. The number of ether oxygens (including phenoxy) is 5. The average molecular weight is 581 g/mol. The molecule has 3 rings (SSSR count). The molecule has 1 unspecified atom stereocenters. The van der Waals surface area contributed by atoms with Crippen molar-refractivity contribution in [2.24, 2.45) is 5.92 Å². The van der Waals surface area contributed by atoms with E-state index in [2.05, 4.69) is 69.3 Å². The number of methoxy groups -OCH3 is 4. The first-order valence-corrected chi connectivity index (χ1v) is 15.9. The van der Waals surface area contributed by atoms with Gasteiger partial charge in [0.2, 0.25) is 11.5 Å². The smallest absolute Gasteiger partial charge is 0.305 e. The van der Waals surface area contributed by atoms with Crippen LogP contribution < -0.4 is 29.3 Å². The summed E-state index contributed by atoms with van der Waals surface area (Å²) in [6, 6.07) is 24.7. The number of carbonyl (C=O) groups is 1. The average Bonchev–Trinajstić information content (AvgIpc) is 2.99. The highest BCUT2D eigenvalue weighted by molar-refractivity contribution is 6.99. The predicted octanol–water partition coefficient (Wildman–Crippen LogP) is 5.63. The summed E-state index contributed by atoms with van der Waals surface area (Å²) < 4.78 is 34.6. The van der Waals surface area contributed by atoms with Gasteiger partial charge in [0.25, 0.3) is 8.32 Å². The molecular formula is C33H44O7Si.